The predicted molar refractivity (Wildman–Crippen MR) is 190 cm³/mol. The maximum absolute atomic E-state index is 10.9. The first-order valence-electron chi connectivity index (χ1n) is 13.5. The molecule has 305 valence electrons. The van der Waals surface area contributed by atoms with Crippen LogP contribution in [-0.4, -0.2) is 93.8 Å². The van der Waals surface area contributed by atoms with Gasteiger partial charge in [-0.25, -0.2) is 19.9 Å². The molecule has 6 rings (SSSR count). The molecule has 2 aromatic carbocycles. The van der Waals surface area contributed by atoms with Crippen molar-refractivity contribution in [3.8, 4) is 0 Å². The van der Waals surface area contributed by atoms with Crippen molar-refractivity contribution in [1.29, 1.82) is 0 Å². The molecule has 0 unspecified atom stereocenters. The Labute approximate surface area is 325 Å². The number of carboxylic acids is 4. The Morgan fingerprint density at radius 3 is 0.661 bits per heavy atom. The molecule has 4 heterocycles. The van der Waals surface area contributed by atoms with Crippen LogP contribution in [0.5, 0.6) is 0 Å². The van der Waals surface area contributed by atoms with E-state index in [-0.39, 0.29) is 78.2 Å². The van der Waals surface area contributed by atoms with E-state index in [0.717, 1.165) is 0 Å². The third-order valence-electron chi connectivity index (χ3n) is 5.88. The van der Waals surface area contributed by atoms with Gasteiger partial charge in [0.2, 0.25) is 11.7 Å². The zero-order valence-electron chi connectivity index (χ0n) is 29.2. The Bertz CT molecular complexity index is 1970. The molecule has 0 aliphatic rings. The zero-order valence-corrected chi connectivity index (χ0v) is 30.4. The Morgan fingerprint density at radius 2 is 0.536 bits per heavy atom. The smallest absolute Gasteiger partial charge is 0.543 e. The van der Waals surface area contributed by atoms with Gasteiger partial charge in [-0.1, -0.05) is 48.5 Å². The molecule has 56 heavy (non-hydrogen) atoms. The molecule has 0 amide bonds. The van der Waals surface area contributed by atoms with Crippen molar-refractivity contribution in [2.45, 2.75) is 13.8 Å². The number of aromatic nitrogens is 4. The fourth-order valence-electron chi connectivity index (χ4n) is 3.99. The average Bonchev–Trinajstić information content (AvgIpc) is 3.03. The minimum atomic E-state index is -1.40. The number of amidine groups is 2. The largest absolute Gasteiger partial charge is 2.00 e. The van der Waals surface area contributed by atoms with E-state index >= 15 is 0 Å². The number of pyridine rings is 4. The molecule has 0 spiro atoms. The van der Waals surface area contributed by atoms with E-state index in [0.29, 0.717) is 55.3 Å². The summed E-state index contributed by atoms with van der Waals surface area (Å²) < 4.78 is 0. The second-order valence-electron chi connectivity index (χ2n) is 9.84. The Balaban J connectivity index is -0.000000167. The molecule has 24 heteroatoms. The van der Waals surface area contributed by atoms with Crippen molar-refractivity contribution in [2.24, 2.45) is 11.5 Å². The number of nitrogens with two attached hydrogens (primary N) is 4. The van der Waals surface area contributed by atoms with Crippen LogP contribution in [0.15, 0.2) is 72.8 Å². The molecule has 0 aliphatic carbocycles. The predicted octanol–water partition coefficient (Wildman–Crippen LogP) is -10.5. The fraction of sp³-hybridized carbons (Fsp3) is 0.0625. The summed E-state index contributed by atoms with van der Waals surface area (Å²) in [6, 6.07) is 18.6. The van der Waals surface area contributed by atoms with Crippen molar-refractivity contribution in [2.75, 3.05) is 0 Å². The van der Waals surface area contributed by atoms with E-state index < -0.39 is 23.9 Å². The van der Waals surface area contributed by atoms with Crippen molar-refractivity contribution in [3.63, 3.8) is 0 Å². The van der Waals surface area contributed by atoms with E-state index in [2.05, 4.69) is 19.9 Å². The summed E-state index contributed by atoms with van der Waals surface area (Å²) in [7, 11) is 0. The number of hydrogen-bond donors (Lipinski definition) is 4. The number of carboxylic acid groups (broad SMARTS) is 4. The number of fused-ring (bicyclic) bond motifs is 6. The number of benzene rings is 2. The quantitative estimate of drug-likeness (QED) is 0.0555. The first-order chi connectivity index (χ1) is 22.6. The molecule has 0 saturated carbocycles. The summed E-state index contributed by atoms with van der Waals surface area (Å²) in [5.41, 5.74) is 9.94. The average molecular weight is 832 g/mol. The van der Waals surface area contributed by atoms with Crippen LogP contribution < -0.4 is 42.7 Å². The van der Waals surface area contributed by atoms with Crippen molar-refractivity contribution >= 4 is 79.2 Å². The number of aromatic carboxylic acids is 4. The van der Waals surface area contributed by atoms with Gasteiger partial charge in [0, 0.05) is 35.4 Å². The summed E-state index contributed by atoms with van der Waals surface area (Å²) >= 11 is 0. The monoisotopic (exact) mass is 831 g/mol. The summed E-state index contributed by atoms with van der Waals surface area (Å²) in [4.78, 5) is 59.3. The summed E-state index contributed by atoms with van der Waals surface area (Å²) in [5, 5.41) is 55.7. The summed E-state index contributed by atoms with van der Waals surface area (Å²) in [6.07, 6.45) is 0. The number of nitrogens with zero attached hydrogens (tertiary/aromatic N) is 4. The van der Waals surface area contributed by atoms with E-state index in [1.807, 2.05) is 0 Å². The summed E-state index contributed by atoms with van der Waals surface area (Å²) in [5.74, 6) is -4.78. The molecule has 1 radical (unpaired) electrons. The molecular weight excluding hydrogens is 791 g/mol. The maximum atomic E-state index is 10.9. The topological polar surface area (TPSA) is 536 Å². The molecule has 0 saturated heterocycles. The van der Waals surface area contributed by atoms with Gasteiger partial charge in [-0.3, -0.25) is 22.3 Å². The zero-order chi connectivity index (χ0) is 35.7. The third-order valence-corrected chi connectivity index (χ3v) is 5.88. The second kappa shape index (κ2) is 26.8. The Morgan fingerprint density at radius 1 is 0.411 bits per heavy atom. The first kappa shape index (κ1) is 61.2. The van der Waals surface area contributed by atoms with Crippen molar-refractivity contribution in [3.05, 3.63) is 95.6 Å². The minimum absolute atomic E-state index is 0. The van der Waals surface area contributed by atoms with Crippen LogP contribution in [0.1, 0.15) is 55.8 Å². The summed E-state index contributed by atoms with van der Waals surface area (Å²) in [6.45, 7) is 3.28. The standard InChI is InChI=1S/2C14H8N2O4.2C2H6N2.Mn.7H2O/c2*17-13(18)9-5-3-7-1-2-8-4-6-10(14(19)20)16-12(8)11(7)15-9;2*1-2(3)4;;;;;;;;/h2*1-6H,(H,17,18)(H,19,20);2*1H3,(H3,3,4);;7*1H2/q;;;;+2;;;;;;;/p-2. The number of rotatable bonds is 4. The van der Waals surface area contributed by atoms with Crippen LogP contribution in [0.4, 0.5) is 0 Å². The molecule has 0 fully saturated rings. The molecular formula is C32H40MnN8O15. The van der Waals surface area contributed by atoms with E-state index in [9.17, 15) is 39.6 Å². The van der Waals surface area contributed by atoms with E-state index in [1.165, 1.54) is 24.3 Å². The molecule has 6 aromatic rings. The van der Waals surface area contributed by atoms with Gasteiger partial charge in [0.05, 0.1) is 68.7 Å². The second-order valence-corrected chi connectivity index (χ2v) is 9.84. The number of hydrogen-bond acceptors (Lipinski definition) is 12. The van der Waals surface area contributed by atoms with Crippen LogP contribution in [0.2, 0.25) is 0 Å². The van der Waals surface area contributed by atoms with Crippen molar-refractivity contribution in [1.82, 2.24) is 19.9 Å². The molecule has 23 nitrogen and oxygen atoms in total. The molecule has 0 aliphatic heterocycles. The van der Waals surface area contributed by atoms with Gasteiger partial charge in [-0.05, 0) is 24.3 Å². The number of carbonyl (C=O) groups excluding carboxylic acids is 4. The normalized spacial score (nSPS) is 8.61. The van der Waals surface area contributed by atoms with Crippen LogP contribution in [0, 0.1) is 0 Å². The van der Waals surface area contributed by atoms with Crippen molar-refractivity contribution < 1.29 is 106 Å². The Kier molecular flexibility index (Phi) is 29.3. The third kappa shape index (κ3) is 16.0. The van der Waals surface area contributed by atoms with Gasteiger partial charge in [-0.15, -0.1) is 0 Å². The first-order valence-corrected chi connectivity index (χ1v) is 13.5. The molecule has 0 atom stereocenters. The van der Waals surface area contributed by atoms with E-state index in [1.54, 1.807) is 62.4 Å². The molecule has 0 bridgehead atoms. The van der Waals surface area contributed by atoms with Crippen LogP contribution in [0.3, 0.4) is 0 Å². The van der Waals surface area contributed by atoms with Gasteiger partial charge in [0.1, 0.15) is 0 Å². The van der Waals surface area contributed by atoms with Crippen LogP contribution in [0.25, 0.3) is 43.6 Å². The maximum Gasteiger partial charge on any atom is 2.00 e. The van der Waals surface area contributed by atoms with Crippen LogP contribution in [-0.2, 0) is 17.1 Å². The Hall–Kier alpha value is -6.86. The van der Waals surface area contributed by atoms with Gasteiger partial charge < -0.3 is 77.9 Å². The molecule has 22 N–H and O–H groups in total. The van der Waals surface area contributed by atoms with Gasteiger partial charge in [0.15, 0.2) is 0 Å². The van der Waals surface area contributed by atoms with Crippen LogP contribution >= 0.6 is 0 Å². The van der Waals surface area contributed by atoms with Gasteiger partial charge >= 0.3 is 17.1 Å². The molecule has 4 aromatic heterocycles. The number of carbonyl (C=O) groups is 4. The SMILES string of the molecule is CC(N)=[NH2+].CC(N)=[NH2+].O.O.O.O.O.O.O.O=C([O-])c1ccc2ccc3ccc(C(=O)[O-])nc3c2n1.O=C([O-])c1ccc2ccc3ccc(C(=O)[O-])nc3c2n1.[Mn+2]. The fourth-order valence-corrected chi connectivity index (χ4v) is 3.99. The minimum Gasteiger partial charge on any atom is -0.543 e. The van der Waals surface area contributed by atoms with Gasteiger partial charge in [-0.2, -0.15) is 0 Å². The van der Waals surface area contributed by atoms with E-state index in [4.69, 9.17) is 22.3 Å². The van der Waals surface area contributed by atoms with Gasteiger partial charge in [0.25, 0.3) is 0 Å².